The summed E-state index contributed by atoms with van der Waals surface area (Å²) in [7, 11) is 3.36. The van der Waals surface area contributed by atoms with Crippen LogP contribution in [0.2, 0.25) is 5.02 Å². The van der Waals surface area contributed by atoms with Crippen LogP contribution < -0.4 is 20.1 Å². The van der Waals surface area contributed by atoms with Gasteiger partial charge in [0.05, 0.1) is 7.11 Å². The van der Waals surface area contributed by atoms with Crippen LogP contribution in [0.4, 0.5) is 0 Å². The first-order chi connectivity index (χ1) is 14.2. The minimum absolute atomic E-state index is 0.528. The predicted molar refractivity (Wildman–Crippen MR) is 116 cm³/mol. The van der Waals surface area contributed by atoms with Gasteiger partial charge in [-0.1, -0.05) is 35.9 Å². The third kappa shape index (κ3) is 6.12. The number of halogens is 1. The van der Waals surface area contributed by atoms with Crippen LogP contribution in [-0.4, -0.2) is 25.1 Å². The number of methoxy groups -OCH3 is 1. The Kier molecular flexibility index (Phi) is 7.30. The predicted octanol–water partition coefficient (Wildman–Crippen LogP) is 4.40. The van der Waals surface area contributed by atoms with Crippen molar-refractivity contribution in [3.8, 4) is 17.4 Å². The molecule has 6 nitrogen and oxygen atoms in total. The Morgan fingerprint density at radius 2 is 1.69 bits per heavy atom. The van der Waals surface area contributed by atoms with Crippen molar-refractivity contribution in [1.29, 1.82) is 0 Å². The fourth-order valence-electron chi connectivity index (χ4n) is 2.57. The van der Waals surface area contributed by atoms with E-state index in [0.717, 1.165) is 21.9 Å². The minimum atomic E-state index is 0.528. The maximum atomic E-state index is 6.19. The van der Waals surface area contributed by atoms with Crippen molar-refractivity contribution in [1.82, 2.24) is 15.6 Å². The maximum absolute atomic E-state index is 6.19. The van der Waals surface area contributed by atoms with Gasteiger partial charge in [0, 0.05) is 37.4 Å². The van der Waals surface area contributed by atoms with Gasteiger partial charge in [0.2, 0.25) is 5.88 Å². The van der Waals surface area contributed by atoms with Gasteiger partial charge in [-0.2, -0.15) is 0 Å². The van der Waals surface area contributed by atoms with Gasteiger partial charge in [-0.3, -0.25) is 4.99 Å². The second-order valence-corrected chi connectivity index (χ2v) is 6.56. The molecule has 0 aliphatic rings. The van der Waals surface area contributed by atoms with E-state index in [1.807, 2.05) is 60.7 Å². The molecule has 1 heterocycles. The maximum Gasteiger partial charge on any atom is 0.219 e. The Labute approximate surface area is 175 Å². The Hall–Kier alpha value is -3.25. The number of guanidine groups is 1. The lowest BCUT2D eigenvalue weighted by Gasteiger charge is -2.13. The SMILES string of the molecule is CN=C(NCc1ccc(Oc2ccc(OC)cc2)nc1)NCc1ccccc1Cl. The number of ether oxygens (including phenoxy) is 2. The van der Waals surface area contributed by atoms with Gasteiger partial charge in [0.25, 0.3) is 0 Å². The lowest BCUT2D eigenvalue weighted by atomic mass is 10.2. The number of nitrogens with zero attached hydrogens (tertiary/aromatic N) is 2. The molecule has 29 heavy (non-hydrogen) atoms. The van der Waals surface area contributed by atoms with Crippen LogP contribution in [-0.2, 0) is 13.1 Å². The molecule has 0 saturated carbocycles. The Morgan fingerprint density at radius 1 is 0.966 bits per heavy atom. The van der Waals surface area contributed by atoms with Crippen LogP contribution in [0.25, 0.3) is 0 Å². The van der Waals surface area contributed by atoms with Crippen molar-refractivity contribution in [3.63, 3.8) is 0 Å². The van der Waals surface area contributed by atoms with Gasteiger partial charge in [-0.15, -0.1) is 0 Å². The summed E-state index contributed by atoms with van der Waals surface area (Å²) in [6, 6.07) is 18.9. The highest BCUT2D eigenvalue weighted by atomic mass is 35.5. The zero-order valence-electron chi connectivity index (χ0n) is 16.4. The molecule has 1 aromatic heterocycles. The summed E-state index contributed by atoms with van der Waals surface area (Å²) in [5, 5.41) is 7.24. The highest BCUT2D eigenvalue weighted by Gasteiger charge is 2.04. The summed E-state index contributed by atoms with van der Waals surface area (Å²) in [5.41, 5.74) is 2.02. The van der Waals surface area contributed by atoms with Crippen LogP contribution in [0.5, 0.6) is 17.4 Å². The third-order valence-electron chi connectivity index (χ3n) is 4.17. The lowest BCUT2D eigenvalue weighted by Crippen LogP contribution is -2.36. The average molecular weight is 411 g/mol. The lowest BCUT2D eigenvalue weighted by molar-refractivity contribution is 0.412. The molecule has 0 unspecified atom stereocenters. The van der Waals surface area contributed by atoms with E-state index in [1.54, 1.807) is 20.4 Å². The minimum Gasteiger partial charge on any atom is -0.497 e. The van der Waals surface area contributed by atoms with E-state index in [-0.39, 0.29) is 0 Å². The topological polar surface area (TPSA) is 67.8 Å². The second-order valence-electron chi connectivity index (χ2n) is 6.15. The number of pyridine rings is 1. The van der Waals surface area contributed by atoms with Crippen molar-refractivity contribution < 1.29 is 9.47 Å². The van der Waals surface area contributed by atoms with Gasteiger partial charge >= 0.3 is 0 Å². The molecule has 0 fully saturated rings. The molecule has 0 amide bonds. The van der Waals surface area contributed by atoms with Gasteiger partial charge < -0.3 is 20.1 Å². The molecule has 0 atom stereocenters. The third-order valence-corrected chi connectivity index (χ3v) is 4.54. The van der Waals surface area contributed by atoms with Crippen LogP contribution in [0.1, 0.15) is 11.1 Å². The van der Waals surface area contributed by atoms with E-state index in [2.05, 4.69) is 20.6 Å². The number of rotatable bonds is 7. The van der Waals surface area contributed by atoms with Gasteiger partial charge in [0.1, 0.15) is 11.5 Å². The molecule has 3 aromatic rings. The zero-order chi connectivity index (χ0) is 20.5. The number of hydrogen-bond donors (Lipinski definition) is 2. The number of nitrogens with one attached hydrogen (secondary N) is 2. The zero-order valence-corrected chi connectivity index (χ0v) is 17.1. The van der Waals surface area contributed by atoms with E-state index in [0.29, 0.717) is 30.7 Å². The fraction of sp³-hybridized carbons (Fsp3) is 0.182. The average Bonchev–Trinajstić information content (AvgIpc) is 2.76. The standard InChI is InChI=1S/C22H23ClN4O2/c1-24-22(27-15-17-5-3-4-6-20(17)23)26-14-16-7-12-21(25-13-16)29-19-10-8-18(28-2)9-11-19/h3-13H,14-15H2,1-2H3,(H2,24,26,27). The molecule has 0 aliphatic carbocycles. The van der Waals surface area contributed by atoms with E-state index >= 15 is 0 Å². The van der Waals surface area contributed by atoms with E-state index in [9.17, 15) is 0 Å². The largest absolute Gasteiger partial charge is 0.497 e. The van der Waals surface area contributed by atoms with Crippen LogP contribution in [0.3, 0.4) is 0 Å². The molecule has 0 spiro atoms. The number of aliphatic imine (C=N–C) groups is 1. The summed E-state index contributed by atoms with van der Waals surface area (Å²) < 4.78 is 10.9. The molecule has 150 valence electrons. The van der Waals surface area contributed by atoms with Gasteiger partial charge in [-0.25, -0.2) is 4.98 Å². The van der Waals surface area contributed by atoms with Gasteiger partial charge in [0.15, 0.2) is 5.96 Å². The first-order valence-corrected chi connectivity index (χ1v) is 9.50. The van der Waals surface area contributed by atoms with E-state index < -0.39 is 0 Å². The molecule has 0 aliphatic heterocycles. The molecule has 0 bridgehead atoms. The molecule has 0 saturated heterocycles. The van der Waals surface area contributed by atoms with Crippen LogP contribution >= 0.6 is 11.6 Å². The van der Waals surface area contributed by atoms with Crippen molar-refractivity contribution in [3.05, 3.63) is 83.0 Å². The van der Waals surface area contributed by atoms with Crippen molar-refractivity contribution in [2.45, 2.75) is 13.1 Å². The van der Waals surface area contributed by atoms with Crippen molar-refractivity contribution in [2.75, 3.05) is 14.2 Å². The molecule has 3 rings (SSSR count). The molecule has 2 N–H and O–H groups in total. The smallest absolute Gasteiger partial charge is 0.219 e. The normalized spacial score (nSPS) is 11.1. The van der Waals surface area contributed by atoms with Crippen molar-refractivity contribution in [2.24, 2.45) is 4.99 Å². The monoisotopic (exact) mass is 410 g/mol. The summed E-state index contributed by atoms with van der Waals surface area (Å²) in [6.45, 7) is 1.17. The fourth-order valence-corrected chi connectivity index (χ4v) is 2.77. The Morgan fingerprint density at radius 3 is 2.34 bits per heavy atom. The number of benzene rings is 2. The summed E-state index contributed by atoms with van der Waals surface area (Å²) in [6.07, 6.45) is 1.77. The highest BCUT2D eigenvalue weighted by Crippen LogP contribution is 2.22. The molecule has 7 heteroatoms. The Bertz CT molecular complexity index is 944. The number of hydrogen-bond acceptors (Lipinski definition) is 4. The molecule has 2 aromatic carbocycles. The number of aromatic nitrogens is 1. The molecular weight excluding hydrogens is 388 g/mol. The first-order valence-electron chi connectivity index (χ1n) is 9.12. The van der Waals surface area contributed by atoms with E-state index in [4.69, 9.17) is 21.1 Å². The Balaban J connectivity index is 1.50. The summed E-state index contributed by atoms with van der Waals surface area (Å²) in [5.74, 6) is 2.69. The van der Waals surface area contributed by atoms with Crippen LogP contribution in [0, 0.1) is 0 Å². The second kappa shape index (κ2) is 10.3. The quantitative estimate of drug-likeness (QED) is 0.446. The first kappa shape index (κ1) is 20.5. The van der Waals surface area contributed by atoms with E-state index in [1.165, 1.54) is 0 Å². The van der Waals surface area contributed by atoms with Crippen LogP contribution in [0.15, 0.2) is 71.9 Å². The van der Waals surface area contributed by atoms with Gasteiger partial charge in [-0.05, 0) is 41.5 Å². The summed E-state index contributed by atoms with van der Waals surface area (Å²) >= 11 is 6.19. The molecule has 0 radical (unpaired) electrons. The molecular formula is C22H23ClN4O2. The van der Waals surface area contributed by atoms with Crippen molar-refractivity contribution >= 4 is 17.6 Å². The highest BCUT2D eigenvalue weighted by molar-refractivity contribution is 6.31. The summed E-state index contributed by atoms with van der Waals surface area (Å²) in [4.78, 5) is 8.59.